The number of aryl methyl sites for hydroxylation is 1. The number of amides is 1. The van der Waals surface area contributed by atoms with E-state index in [0.717, 1.165) is 5.56 Å². The Morgan fingerprint density at radius 2 is 2.00 bits per heavy atom. The highest BCUT2D eigenvalue weighted by molar-refractivity contribution is 5.84. The van der Waals surface area contributed by atoms with Crippen LogP contribution in [0, 0.1) is 12.7 Å². The van der Waals surface area contributed by atoms with E-state index in [1.54, 1.807) is 17.9 Å². The summed E-state index contributed by atoms with van der Waals surface area (Å²) in [5, 5.41) is 3.07. The Hall–Kier alpha value is -1.58. The second-order valence-corrected chi connectivity index (χ2v) is 4.34. The van der Waals surface area contributed by atoms with E-state index in [0.29, 0.717) is 18.8 Å². The maximum Gasteiger partial charge on any atom is 0.244 e. The maximum atomic E-state index is 13.2. The zero-order valence-electron chi connectivity index (χ0n) is 11.5. The summed E-state index contributed by atoms with van der Waals surface area (Å²) in [7, 11) is 0. The van der Waals surface area contributed by atoms with Crippen molar-refractivity contribution >= 4 is 11.6 Å². The van der Waals surface area contributed by atoms with Gasteiger partial charge in [-0.3, -0.25) is 4.79 Å². The van der Waals surface area contributed by atoms with Crippen LogP contribution in [-0.2, 0) is 4.79 Å². The third kappa shape index (κ3) is 3.45. The van der Waals surface area contributed by atoms with Crippen LogP contribution in [0.4, 0.5) is 10.1 Å². The van der Waals surface area contributed by atoms with Gasteiger partial charge < -0.3 is 10.2 Å². The van der Waals surface area contributed by atoms with Crippen molar-refractivity contribution in [3.8, 4) is 0 Å². The van der Waals surface area contributed by atoms with Crippen LogP contribution in [0.3, 0.4) is 0 Å². The van der Waals surface area contributed by atoms with Crippen molar-refractivity contribution in [1.82, 2.24) is 4.90 Å². The second kappa shape index (κ2) is 6.38. The molecule has 1 aromatic carbocycles. The Balaban J connectivity index is 2.77. The predicted octanol–water partition coefficient (Wildman–Crippen LogP) is 2.80. The SMILES string of the molecule is CCN(CC)C(=O)C(C)Nc1cc(F)ccc1C. The van der Waals surface area contributed by atoms with E-state index in [1.807, 2.05) is 20.8 Å². The van der Waals surface area contributed by atoms with Crippen molar-refractivity contribution in [3.63, 3.8) is 0 Å². The number of hydrogen-bond acceptors (Lipinski definition) is 2. The molecule has 1 aromatic rings. The molecule has 0 aliphatic carbocycles. The molecule has 0 aliphatic heterocycles. The van der Waals surface area contributed by atoms with Gasteiger partial charge in [-0.1, -0.05) is 6.07 Å². The molecule has 0 heterocycles. The minimum absolute atomic E-state index is 0.0312. The fourth-order valence-corrected chi connectivity index (χ4v) is 1.85. The van der Waals surface area contributed by atoms with Gasteiger partial charge >= 0.3 is 0 Å². The Kier molecular flexibility index (Phi) is 5.13. The Morgan fingerprint density at radius 1 is 1.39 bits per heavy atom. The lowest BCUT2D eigenvalue weighted by Crippen LogP contribution is -2.41. The summed E-state index contributed by atoms with van der Waals surface area (Å²) >= 11 is 0. The van der Waals surface area contributed by atoms with Crippen molar-refractivity contribution in [1.29, 1.82) is 0 Å². The molecule has 1 rings (SSSR count). The molecule has 4 heteroatoms. The highest BCUT2D eigenvalue weighted by atomic mass is 19.1. The zero-order valence-corrected chi connectivity index (χ0v) is 11.5. The summed E-state index contributed by atoms with van der Waals surface area (Å²) in [6.07, 6.45) is 0. The molecule has 1 amide bonds. The number of rotatable bonds is 5. The van der Waals surface area contributed by atoms with Gasteiger partial charge in [0.1, 0.15) is 11.9 Å². The fourth-order valence-electron chi connectivity index (χ4n) is 1.85. The smallest absolute Gasteiger partial charge is 0.244 e. The van der Waals surface area contributed by atoms with Gasteiger partial charge in [0.05, 0.1) is 0 Å². The van der Waals surface area contributed by atoms with Crippen molar-refractivity contribution in [2.75, 3.05) is 18.4 Å². The molecular formula is C14H21FN2O. The first kappa shape index (κ1) is 14.5. The first-order chi connectivity index (χ1) is 8.49. The lowest BCUT2D eigenvalue weighted by atomic mass is 10.1. The van der Waals surface area contributed by atoms with Gasteiger partial charge in [-0.05, 0) is 45.4 Å². The van der Waals surface area contributed by atoms with Gasteiger partial charge in [0, 0.05) is 18.8 Å². The molecule has 1 atom stereocenters. The molecule has 1 N–H and O–H groups in total. The standard InChI is InChI=1S/C14H21FN2O/c1-5-17(6-2)14(18)11(4)16-13-9-12(15)8-7-10(13)3/h7-9,11,16H,5-6H2,1-4H3. The van der Waals surface area contributed by atoms with E-state index in [2.05, 4.69) is 5.32 Å². The van der Waals surface area contributed by atoms with Crippen LogP contribution in [-0.4, -0.2) is 29.9 Å². The summed E-state index contributed by atoms with van der Waals surface area (Å²) in [6, 6.07) is 4.18. The molecule has 0 saturated heterocycles. The number of hydrogen-bond donors (Lipinski definition) is 1. The minimum atomic E-state index is -0.356. The van der Waals surface area contributed by atoms with Gasteiger partial charge in [-0.2, -0.15) is 0 Å². The average molecular weight is 252 g/mol. The molecule has 1 unspecified atom stereocenters. The van der Waals surface area contributed by atoms with Crippen LogP contribution in [0.15, 0.2) is 18.2 Å². The third-order valence-electron chi connectivity index (χ3n) is 3.02. The van der Waals surface area contributed by atoms with E-state index in [4.69, 9.17) is 0 Å². The van der Waals surface area contributed by atoms with Crippen LogP contribution in [0.2, 0.25) is 0 Å². The van der Waals surface area contributed by atoms with Gasteiger partial charge in [0.25, 0.3) is 0 Å². The van der Waals surface area contributed by atoms with E-state index in [9.17, 15) is 9.18 Å². The third-order valence-corrected chi connectivity index (χ3v) is 3.02. The molecule has 0 spiro atoms. The minimum Gasteiger partial charge on any atom is -0.374 e. The second-order valence-electron chi connectivity index (χ2n) is 4.34. The zero-order chi connectivity index (χ0) is 13.7. The fraction of sp³-hybridized carbons (Fsp3) is 0.500. The van der Waals surface area contributed by atoms with E-state index >= 15 is 0 Å². The van der Waals surface area contributed by atoms with E-state index < -0.39 is 0 Å². The number of carbonyl (C=O) groups is 1. The molecule has 3 nitrogen and oxygen atoms in total. The Bertz CT molecular complexity index is 416. The molecule has 0 radical (unpaired) electrons. The van der Waals surface area contributed by atoms with Crippen molar-refractivity contribution in [2.45, 2.75) is 33.7 Å². The lowest BCUT2D eigenvalue weighted by Gasteiger charge is -2.24. The van der Waals surface area contributed by atoms with Gasteiger partial charge in [0.2, 0.25) is 5.91 Å². The van der Waals surface area contributed by atoms with Crippen LogP contribution < -0.4 is 5.32 Å². The number of anilines is 1. The normalized spacial score (nSPS) is 12.1. The topological polar surface area (TPSA) is 32.3 Å². The molecule has 100 valence electrons. The average Bonchev–Trinajstić information content (AvgIpc) is 2.35. The Labute approximate surface area is 108 Å². The van der Waals surface area contributed by atoms with Crippen molar-refractivity contribution in [3.05, 3.63) is 29.6 Å². The van der Waals surface area contributed by atoms with Gasteiger partial charge in [0.15, 0.2) is 0 Å². The summed E-state index contributed by atoms with van der Waals surface area (Å²) < 4.78 is 13.2. The van der Waals surface area contributed by atoms with E-state index in [1.165, 1.54) is 12.1 Å². The van der Waals surface area contributed by atoms with E-state index in [-0.39, 0.29) is 17.8 Å². The summed E-state index contributed by atoms with van der Waals surface area (Å²) in [6.45, 7) is 8.94. The van der Waals surface area contributed by atoms with Crippen LogP contribution in [0.1, 0.15) is 26.3 Å². The monoisotopic (exact) mass is 252 g/mol. The predicted molar refractivity (Wildman–Crippen MR) is 72.1 cm³/mol. The molecule has 0 fully saturated rings. The first-order valence-electron chi connectivity index (χ1n) is 6.31. The molecule has 0 saturated carbocycles. The molecular weight excluding hydrogens is 231 g/mol. The molecule has 18 heavy (non-hydrogen) atoms. The lowest BCUT2D eigenvalue weighted by molar-refractivity contribution is -0.131. The summed E-state index contributed by atoms with van der Waals surface area (Å²) in [4.78, 5) is 13.8. The Morgan fingerprint density at radius 3 is 2.56 bits per heavy atom. The number of nitrogens with one attached hydrogen (secondary N) is 1. The highest BCUT2D eigenvalue weighted by Gasteiger charge is 2.18. The maximum absolute atomic E-state index is 13.2. The summed E-state index contributed by atoms with van der Waals surface area (Å²) in [5.74, 6) is -0.269. The van der Waals surface area contributed by atoms with Crippen LogP contribution >= 0.6 is 0 Å². The van der Waals surface area contributed by atoms with Crippen LogP contribution in [0.25, 0.3) is 0 Å². The van der Waals surface area contributed by atoms with Crippen molar-refractivity contribution in [2.24, 2.45) is 0 Å². The number of benzene rings is 1. The van der Waals surface area contributed by atoms with Crippen LogP contribution in [0.5, 0.6) is 0 Å². The molecule has 0 aromatic heterocycles. The largest absolute Gasteiger partial charge is 0.374 e. The van der Waals surface area contributed by atoms with Gasteiger partial charge in [-0.15, -0.1) is 0 Å². The van der Waals surface area contributed by atoms with Crippen molar-refractivity contribution < 1.29 is 9.18 Å². The quantitative estimate of drug-likeness (QED) is 0.874. The number of halogens is 1. The number of likely N-dealkylation sites (N-methyl/N-ethyl adjacent to an activating group) is 1. The molecule has 0 aliphatic rings. The number of nitrogens with zero attached hydrogens (tertiary/aromatic N) is 1. The van der Waals surface area contributed by atoms with Gasteiger partial charge in [-0.25, -0.2) is 4.39 Å². The molecule has 0 bridgehead atoms. The summed E-state index contributed by atoms with van der Waals surface area (Å²) in [5.41, 5.74) is 1.60. The number of carbonyl (C=O) groups excluding carboxylic acids is 1. The first-order valence-corrected chi connectivity index (χ1v) is 6.31. The highest BCUT2D eigenvalue weighted by Crippen LogP contribution is 2.17.